The average molecular weight is 304 g/mol. The Kier molecular flexibility index (Phi) is 4.53. The standard InChI is InChI=1S/C17H18ClNO2/c1-10(2)13-6-4-5-11(3)16(13)19-17(21)14-9-12(18)7-8-15(14)20/h4-10,20H,1-3H3,(H,19,21). The van der Waals surface area contributed by atoms with Crippen molar-refractivity contribution in [1.82, 2.24) is 0 Å². The van der Waals surface area contributed by atoms with Crippen LogP contribution in [-0.2, 0) is 0 Å². The topological polar surface area (TPSA) is 49.3 Å². The van der Waals surface area contributed by atoms with Crippen molar-refractivity contribution in [2.45, 2.75) is 26.7 Å². The number of benzene rings is 2. The molecular weight excluding hydrogens is 286 g/mol. The van der Waals surface area contributed by atoms with Gasteiger partial charge in [0.2, 0.25) is 0 Å². The maximum absolute atomic E-state index is 12.4. The van der Waals surface area contributed by atoms with E-state index in [1.54, 1.807) is 6.07 Å². The molecule has 0 spiro atoms. The molecule has 2 aromatic rings. The van der Waals surface area contributed by atoms with Gasteiger partial charge in [-0.05, 0) is 42.2 Å². The Morgan fingerprint density at radius 1 is 1.24 bits per heavy atom. The van der Waals surface area contributed by atoms with Crippen LogP contribution in [0.2, 0.25) is 5.02 Å². The lowest BCUT2D eigenvalue weighted by Crippen LogP contribution is -2.15. The molecule has 110 valence electrons. The number of hydrogen-bond acceptors (Lipinski definition) is 2. The zero-order valence-corrected chi connectivity index (χ0v) is 13.0. The number of rotatable bonds is 3. The van der Waals surface area contributed by atoms with Gasteiger partial charge in [0.15, 0.2) is 0 Å². The number of halogens is 1. The highest BCUT2D eigenvalue weighted by Gasteiger charge is 2.16. The molecule has 0 aliphatic rings. The fourth-order valence-corrected chi connectivity index (χ4v) is 2.39. The number of hydrogen-bond donors (Lipinski definition) is 2. The van der Waals surface area contributed by atoms with Crippen LogP contribution in [0, 0.1) is 6.92 Å². The molecule has 0 heterocycles. The van der Waals surface area contributed by atoms with Crippen molar-refractivity contribution in [1.29, 1.82) is 0 Å². The van der Waals surface area contributed by atoms with Crippen LogP contribution in [0.15, 0.2) is 36.4 Å². The molecular formula is C17H18ClNO2. The predicted molar refractivity (Wildman–Crippen MR) is 86.3 cm³/mol. The molecule has 3 nitrogen and oxygen atoms in total. The van der Waals surface area contributed by atoms with Crippen molar-refractivity contribution in [2.75, 3.05) is 5.32 Å². The van der Waals surface area contributed by atoms with Gasteiger partial charge in [0.05, 0.1) is 5.56 Å². The van der Waals surface area contributed by atoms with Gasteiger partial charge >= 0.3 is 0 Å². The highest BCUT2D eigenvalue weighted by Crippen LogP contribution is 2.29. The molecule has 0 aromatic heterocycles. The third-order valence-corrected chi connectivity index (χ3v) is 3.60. The molecule has 21 heavy (non-hydrogen) atoms. The van der Waals surface area contributed by atoms with Crippen LogP contribution < -0.4 is 5.32 Å². The Morgan fingerprint density at radius 3 is 2.62 bits per heavy atom. The van der Waals surface area contributed by atoms with Gasteiger partial charge in [0.25, 0.3) is 5.91 Å². The first-order chi connectivity index (χ1) is 9.90. The van der Waals surface area contributed by atoms with E-state index in [1.807, 2.05) is 25.1 Å². The van der Waals surface area contributed by atoms with Crippen molar-refractivity contribution in [2.24, 2.45) is 0 Å². The fourth-order valence-electron chi connectivity index (χ4n) is 2.21. The number of phenols is 1. The van der Waals surface area contributed by atoms with Crippen molar-refractivity contribution in [3.8, 4) is 5.75 Å². The second-order valence-electron chi connectivity index (χ2n) is 5.31. The zero-order valence-electron chi connectivity index (χ0n) is 12.3. The van der Waals surface area contributed by atoms with Crippen molar-refractivity contribution in [3.63, 3.8) is 0 Å². The van der Waals surface area contributed by atoms with E-state index < -0.39 is 0 Å². The number of carbonyl (C=O) groups excluding carboxylic acids is 1. The van der Waals surface area contributed by atoms with Crippen molar-refractivity contribution < 1.29 is 9.90 Å². The first kappa shape index (κ1) is 15.4. The van der Waals surface area contributed by atoms with E-state index in [4.69, 9.17) is 11.6 Å². The summed E-state index contributed by atoms with van der Waals surface area (Å²) < 4.78 is 0. The third-order valence-electron chi connectivity index (χ3n) is 3.37. The Labute approximate surface area is 129 Å². The number of phenolic OH excluding ortho intramolecular Hbond substituents is 1. The number of nitrogens with one attached hydrogen (secondary N) is 1. The van der Waals surface area contributed by atoms with E-state index in [0.717, 1.165) is 16.8 Å². The Hall–Kier alpha value is -2.00. The summed E-state index contributed by atoms with van der Waals surface area (Å²) in [6.45, 7) is 6.09. The maximum Gasteiger partial charge on any atom is 0.259 e. The van der Waals surface area contributed by atoms with Gasteiger partial charge in [-0.25, -0.2) is 0 Å². The van der Waals surface area contributed by atoms with E-state index in [1.165, 1.54) is 12.1 Å². The predicted octanol–water partition coefficient (Wildman–Crippen LogP) is 4.73. The van der Waals surface area contributed by atoms with Gasteiger partial charge in [-0.2, -0.15) is 0 Å². The van der Waals surface area contributed by atoms with E-state index in [9.17, 15) is 9.90 Å². The van der Waals surface area contributed by atoms with E-state index in [-0.39, 0.29) is 23.1 Å². The van der Waals surface area contributed by atoms with Gasteiger partial charge < -0.3 is 10.4 Å². The minimum absolute atomic E-state index is 0.0865. The summed E-state index contributed by atoms with van der Waals surface area (Å²) in [7, 11) is 0. The Bertz CT molecular complexity index is 680. The molecule has 0 aliphatic heterocycles. The molecule has 2 N–H and O–H groups in total. The quantitative estimate of drug-likeness (QED) is 0.861. The minimum Gasteiger partial charge on any atom is -0.507 e. The summed E-state index contributed by atoms with van der Waals surface area (Å²) in [5.74, 6) is -0.170. The lowest BCUT2D eigenvalue weighted by Gasteiger charge is -2.16. The van der Waals surface area contributed by atoms with Gasteiger partial charge in [0.1, 0.15) is 5.75 Å². The van der Waals surface area contributed by atoms with E-state index >= 15 is 0 Å². The van der Waals surface area contributed by atoms with Gasteiger partial charge in [0, 0.05) is 10.7 Å². The molecule has 0 aliphatic carbocycles. The number of amides is 1. The third kappa shape index (κ3) is 3.37. The molecule has 0 bridgehead atoms. The number of aromatic hydroxyl groups is 1. The van der Waals surface area contributed by atoms with Crippen LogP contribution in [-0.4, -0.2) is 11.0 Å². The fraction of sp³-hybridized carbons (Fsp3) is 0.235. The smallest absolute Gasteiger partial charge is 0.259 e. The van der Waals surface area contributed by atoms with Crippen molar-refractivity contribution in [3.05, 3.63) is 58.1 Å². The second-order valence-corrected chi connectivity index (χ2v) is 5.75. The molecule has 0 unspecified atom stereocenters. The van der Waals surface area contributed by atoms with Crippen LogP contribution in [0.1, 0.15) is 41.3 Å². The van der Waals surface area contributed by atoms with Crippen molar-refractivity contribution >= 4 is 23.2 Å². The highest BCUT2D eigenvalue weighted by molar-refractivity contribution is 6.31. The number of anilines is 1. The van der Waals surface area contributed by atoms with Crippen LogP contribution in [0.5, 0.6) is 5.75 Å². The van der Waals surface area contributed by atoms with E-state index in [2.05, 4.69) is 19.2 Å². The van der Waals surface area contributed by atoms with Crippen LogP contribution in [0.25, 0.3) is 0 Å². The summed E-state index contributed by atoms with van der Waals surface area (Å²) >= 11 is 5.89. The number of para-hydroxylation sites is 1. The monoisotopic (exact) mass is 303 g/mol. The molecule has 4 heteroatoms. The summed E-state index contributed by atoms with van der Waals surface area (Å²) in [4.78, 5) is 12.4. The summed E-state index contributed by atoms with van der Waals surface area (Å²) in [5.41, 5.74) is 3.00. The highest BCUT2D eigenvalue weighted by atomic mass is 35.5. The number of carbonyl (C=O) groups is 1. The Balaban J connectivity index is 2.38. The SMILES string of the molecule is Cc1cccc(C(C)C)c1NC(=O)c1cc(Cl)ccc1O. The lowest BCUT2D eigenvalue weighted by molar-refractivity contribution is 0.102. The van der Waals surface area contributed by atoms with Gasteiger partial charge in [-0.15, -0.1) is 0 Å². The molecule has 1 amide bonds. The molecule has 0 fully saturated rings. The minimum atomic E-state index is -0.369. The number of aryl methyl sites for hydroxylation is 1. The molecule has 0 saturated heterocycles. The summed E-state index contributed by atoms with van der Waals surface area (Å²) in [6.07, 6.45) is 0. The largest absolute Gasteiger partial charge is 0.507 e. The van der Waals surface area contributed by atoms with Crippen LogP contribution in [0.4, 0.5) is 5.69 Å². The first-order valence-electron chi connectivity index (χ1n) is 6.79. The van der Waals surface area contributed by atoms with Gasteiger partial charge in [-0.3, -0.25) is 4.79 Å². The molecule has 0 atom stereocenters. The maximum atomic E-state index is 12.4. The van der Waals surface area contributed by atoms with Gasteiger partial charge in [-0.1, -0.05) is 43.6 Å². The normalized spacial score (nSPS) is 10.7. The van der Waals surface area contributed by atoms with E-state index in [0.29, 0.717) is 5.02 Å². The Morgan fingerprint density at radius 2 is 1.95 bits per heavy atom. The lowest BCUT2D eigenvalue weighted by atomic mass is 9.98. The first-order valence-corrected chi connectivity index (χ1v) is 7.17. The second kappa shape index (κ2) is 6.19. The average Bonchev–Trinajstić information content (AvgIpc) is 2.43. The molecule has 2 aromatic carbocycles. The molecule has 0 radical (unpaired) electrons. The molecule has 0 saturated carbocycles. The summed E-state index contributed by atoms with van der Waals surface area (Å²) in [6, 6.07) is 10.3. The van der Waals surface area contributed by atoms with Crippen LogP contribution in [0.3, 0.4) is 0 Å². The summed E-state index contributed by atoms with van der Waals surface area (Å²) in [5, 5.41) is 13.1. The van der Waals surface area contributed by atoms with Crippen LogP contribution >= 0.6 is 11.6 Å². The molecule has 2 rings (SSSR count). The zero-order chi connectivity index (χ0) is 15.6.